The molecule has 0 amide bonds. The number of benzene rings is 1. The maximum absolute atomic E-state index is 13.5. The van der Waals surface area contributed by atoms with Crippen LogP contribution in [0.25, 0.3) is 11.1 Å². The highest BCUT2D eigenvalue weighted by Crippen LogP contribution is 2.34. The van der Waals surface area contributed by atoms with E-state index in [2.05, 4.69) is 15.4 Å². The van der Waals surface area contributed by atoms with Crippen molar-refractivity contribution in [1.29, 1.82) is 0 Å². The molecule has 1 aliphatic rings. The number of nitrogen functional groups attached to an aromatic ring is 1. The second kappa shape index (κ2) is 8.58. The van der Waals surface area contributed by atoms with Crippen LogP contribution in [0.2, 0.25) is 0 Å². The zero-order chi connectivity index (χ0) is 23.0. The molecule has 4 rings (SSSR count). The lowest BCUT2D eigenvalue weighted by molar-refractivity contribution is 0.0691. The number of aromatic carboxylic acids is 1. The van der Waals surface area contributed by atoms with Crippen LogP contribution >= 0.6 is 0 Å². The van der Waals surface area contributed by atoms with Crippen molar-refractivity contribution in [3.63, 3.8) is 0 Å². The number of pyridine rings is 1. The number of carboxylic acid groups (broad SMARTS) is 1. The van der Waals surface area contributed by atoms with Gasteiger partial charge < -0.3 is 20.9 Å². The van der Waals surface area contributed by atoms with E-state index in [1.165, 1.54) is 25.0 Å². The first kappa shape index (κ1) is 21.8. The van der Waals surface area contributed by atoms with Crippen LogP contribution in [0.1, 0.15) is 53.2 Å². The summed E-state index contributed by atoms with van der Waals surface area (Å²) in [6, 6.07) is 5.93. The highest BCUT2D eigenvalue weighted by molar-refractivity contribution is 5.89. The summed E-state index contributed by atoms with van der Waals surface area (Å²) in [5, 5.41) is 17.5. The molecule has 9 heteroatoms. The van der Waals surface area contributed by atoms with Gasteiger partial charge in [0.25, 0.3) is 0 Å². The number of anilines is 1. The molecule has 0 radical (unpaired) electrons. The predicted molar refractivity (Wildman–Crippen MR) is 118 cm³/mol. The van der Waals surface area contributed by atoms with Gasteiger partial charge in [0.2, 0.25) is 0 Å². The molecule has 1 fully saturated rings. The molecule has 2 aromatic heterocycles. The first-order chi connectivity index (χ1) is 15.2. The fourth-order valence-corrected chi connectivity index (χ4v) is 3.82. The number of hydrogen-bond acceptors (Lipinski definition) is 6. The van der Waals surface area contributed by atoms with E-state index < -0.39 is 17.9 Å². The van der Waals surface area contributed by atoms with Crippen molar-refractivity contribution in [3.8, 4) is 16.9 Å². The second-order valence-corrected chi connectivity index (χ2v) is 8.09. The number of carboxylic acids is 1. The molecular weight excluding hydrogens is 413 g/mol. The fourth-order valence-electron chi connectivity index (χ4n) is 3.82. The molecule has 1 atom stereocenters. The number of ether oxygens (including phenoxy) is 1. The van der Waals surface area contributed by atoms with E-state index in [0.29, 0.717) is 23.9 Å². The summed E-state index contributed by atoms with van der Waals surface area (Å²) in [4.78, 5) is 15.8. The van der Waals surface area contributed by atoms with Crippen LogP contribution in [0.15, 0.2) is 30.5 Å². The smallest absolute Gasteiger partial charge is 0.336 e. The van der Waals surface area contributed by atoms with Crippen molar-refractivity contribution >= 4 is 11.8 Å². The van der Waals surface area contributed by atoms with Gasteiger partial charge >= 0.3 is 5.97 Å². The molecule has 3 aromatic rings. The molecule has 0 bridgehead atoms. The number of rotatable bonds is 8. The normalized spacial score (nSPS) is 14.4. The summed E-state index contributed by atoms with van der Waals surface area (Å²) in [5.41, 5.74) is 9.90. The van der Waals surface area contributed by atoms with Crippen molar-refractivity contribution in [2.24, 2.45) is 7.05 Å². The van der Waals surface area contributed by atoms with Gasteiger partial charge in [0.15, 0.2) is 11.6 Å². The van der Waals surface area contributed by atoms with Gasteiger partial charge in [0.05, 0.1) is 17.0 Å². The van der Waals surface area contributed by atoms with Crippen LogP contribution < -0.4 is 15.8 Å². The van der Waals surface area contributed by atoms with Crippen LogP contribution in [0.3, 0.4) is 0 Å². The summed E-state index contributed by atoms with van der Waals surface area (Å²) in [5.74, 6) is -1.35. The average Bonchev–Trinajstić information content (AvgIpc) is 3.52. The zero-order valence-corrected chi connectivity index (χ0v) is 18.2. The van der Waals surface area contributed by atoms with Crippen molar-refractivity contribution in [3.05, 3.63) is 58.8 Å². The first-order valence-electron chi connectivity index (χ1n) is 10.5. The van der Waals surface area contributed by atoms with Crippen molar-refractivity contribution < 1.29 is 19.0 Å². The first-order valence-corrected chi connectivity index (χ1v) is 10.5. The quantitative estimate of drug-likeness (QED) is 0.491. The third kappa shape index (κ3) is 4.43. The van der Waals surface area contributed by atoms with E-state index in [9.17, 15) is 14.3 Å². The summed E-state index contributed by atoms with van der Waals surface area (Å²) in [6.45, 7) is 4.31. The van der Waals surface area contributed by atoms with E-state index >= 15 is 0 Å². The van der Waals surface area contributed by atoms with Crippen LogP contribution in [0.5, 0.6) is 5.75 Å². The lowest BCUT2D eigenvalue weighted by Crippen LogP contribution is -2.18. The minimum absolute atomic E-state index is 0.156. The van der Waals surface area contributed by atoms with Gasteiger partial charge in [-0.2, -0.15) is 5.10 Å². The molecule has 4 N–H and O–H groups in total. The molecular formula is C23H26FN5O3. The standard InChI is InChI=1S/C23H26FN5O3/c1-12-21(19(29(3)28-12)11-26-16-5-6-16)14-8-20(22(25)27-10-14)32-13(2)17-7-4-15(24)9-18(17)23(30)31/h4,7-10,13,16,26H,5-6,11H2,1-3H3,(H2,25,27)(H,30,31). The number of nitrogens with two attached hydrogens (primary N) is 1. The molecule has 0 saturated heterocycles. The lowest BCUT2D eigenvalue weighted by atomic mass is 10.0. The van der Waals surface area contributed by atoms with Crippen molar-refractivity contribution in [2.75, 3.05) is 5.73 Å². The molecule has 32 heavy (non-hydrogen) atoms. The predicted octanol–water partition coefficient (Wildman–Crippen LogP) is 3.60. The highest BCUT2D eigenvalue weighted by atomic mass is 19.1. The van der Waals surface area contributed by atoms with Gasteiger partial charge in [-0.3, -0.25) is 4.68 Å². The summed E-state index contributed by atoms with van der Waals surface area (Å²) >= 11 is 0. The van der Waals surface area contributed by atoms with E-state index in [1.807, 2.05) is 18.7 Å². The second-order valence-electron chi connectivity index (χ2n) is 8.09. The van der Waals surface area contributed by atoms with E-state index in [4.69, 9.17) is 10.5 Å². The van der Waals surface area contributed by atoms with Crippen molar-refractivity contribution in [2.45, 2.75) is 45.4 Å². The topological polar surface area (TPSA) is 115 Å². The van der Waals surface area contributed by atoms with E-state index in [0.717, 1.165) is 28.6 Å². The largest absolute Gasteiger partial charge is 0.482 e. The molecule has 0 spiro atoms. The van der Waals surface area contributed by atoms with Gasteiger partial charge in [-0.25, -0.2) is 14.2 Å². The van der Waals surface area contributed by atoms with E-state index in [-0.39, 0.29) is 11.4 Å². The molecule has 2 heterocycles. The summed E-state index contributed by atoms with van der Waals surface area (Å²) < 4.78 is 21.4. The summed E-state index contributed by atoms with van der Waals surface area (Å²) in [6.07, 6.45) is 3.37. The van der Waals surface area contributed by atoms with Gasteiger partial charge in [-0.1, -0.05) is 6.07 Å². The number of nitrogens with one attached hydrogen (secondary N) is 1. The molecule has 1 unspecified atom stereocenters. The van der Waals surface area contributed by atoms with Gasteiger partial charge in [0.1, 0.15) is 11.9 Å². The fraction of sp³-hybridized carbons (Fsp3) is 0.348. The van der Waals surface area contributed by atoms with Crippen LogP contribution in [0, 0.1) is 12.7 Å². The maximum atomic E-state index is 13.5. The minimum Gasteiger partial charge on any atom is -0.482 e. The lowest BCUT2D eigenvalue weighted by Gasteiger charge is -2.19. The van der Waals surface area contributed by atoms with Crippen molar-refractivity contribution in [1.82, 2.24) is 20.1 Å². The van der Waals surface area contributed by atoms with Crippen LogP contribution in [-0.4, -0.2) is 31.9 Å². The Kier molecular flexibility index (Phi) is 5.84. The molecule has 0 aliphatic heterocycles. The third-order valence-electron chi connectivity index (χ3n) is 5.63. The van der Waals surface area contributed by atoms with E-state index in [1.54, 1.807) is 19.2 Å². The average molecular weight is 439 g/mol. The summed E-state index contributed by atoms with van der Waals surface area (Å²) in [7, 11) is 1.91. The Hall–Kier alpha value is -3.46. The Morgan fingerprint density at radius 1 is 1.41 bits per heavy atom. The number of aryl methyl sites for hydroxylation is 2. The number of carbonyl (C=O) groups is 1. The highest BCUT2D eigenvalue weighted by Gasteiger charge is 2.24. The Balaban J connectivity index is 1.65. The van der Waals surface area contributed by atoms with Gasteiger partial charge in [-0.15, -0.1) is 0 Å². The minimum atomic E-state index is -1.23. The SMILES string of the molecule is Cc1nn(C)c(CNC2CC2)c1-c1cnc(N)c(OC(C)c2ccc(F)cc2C(=O)O)c1. The molecule has 1 aliphatic carbocycles. The zero-order valence-electron chi connectivity index (χ0n) is 18.2. The molecule has 8 nitrogen and oxygen atoms in total. The maximum Gasteiger partial charge on any atom is 0.336 e. The number of hydrogen-bond donors (Lipinski definition) is 3. The number of nitrogens with zero attached hydrogens (tertiary/aromatic N) is 3. The third-order valence-corrected chi connectivity index (χ3v) is 5.63. The molecule has 168 valence electrons. The monoisotopic (exact) mass is 439 g/mol. The Bertz CT molecular complexity index is 1170. The Morgan fingerprint density at radius 2 is 2.16 bits per heavy atom. The number of aromatic nitrogens is 3. The van der Waals surface area contributed by atoms with Gasteiger partial charge in [-0.05, 0) is 44.9 Å². The Morgan fingerprint density at radius 3 is 2.84 bits per heavy atom. The van der Waals surface area contributed by atoms with Gasteiger partial charge in [0, 0.05) is 42.5 Å². The molecule has 1 saturated carbocycles. The van der Waals surface area contributed by atoms with Crippen LogP contribution in [0.4, 0.5) is 10.2 Å². The Labute approximate surface area is 185 Å². The molecule has 1 aromatic carbocycles. The van der Waals surface area contributed by atoms with Crippen LogP contribution in [-0.2, 0) is 13.6 Å². The number of halogens is 1.